The smallest absolute Gasteiger partial charge is 0.329 e. The molecule has 0 aromatic heterocycles. The highest BCUT2D eigenvalue weighted by atomic mass is 16.5. The number of carboxylic acids is 1. The Morgan fingerprint density at radius 2 is 1.95 bits per heavy atom. The molecule has 0 bridgehead atoms. The minimum absolute atomic E-state index is 0.0159. The molecule has 0 aliphatic heterocycles. The fourth-order valence-electron chi connectivity index (χ4n) is 3.15. The molecule has 0 spiro atoms. The summed E-state index contributed by atoms with van der Waals surface area (Å²) >= 11 is 0. The van der Waals surface area contributed by atoms with Crippen molar-refractivity contribution in [3.8, 4) is 0 Å². The number of amides is 1. The number of carboxylic acid groups (broad SMARTS) is 1. The van der Waals surface area contributed by atoms with Gasteiger partial charge in [0.15, 0.2) is 0 Å². The van der Waals surface area contributed by atoms with Gasteiger partial charge in [-0.3, -0.25) is 4.79 Å². The van der Waals surface area contributed by atoms with Crippen LogP contribution in [0.1, 0.15) is 52.4 Å². The summed E-state index contributed by atoms with van der Waals surface area (Å²) < 4.78 is 5.40. The lowest BCUT2D eigenvalue weighted by Crippen LogP contribution is -2.57. The van der Waals surface area contributed by atoms with E-state index in [1.807, 2.05) is 6.92 Å². The summed E-state index contributed by atoms with van der Waals surface area (Å²) in [5.41, 5.74) is -1.05. The van der Waals surface area contributed by atoms with Crippen LogP contribution < -0.4 is 5.32 Å². The van der Waals surface area contributed by atoms with Crippen LogP contribution in [0, 0.1) is 11.8 Å². The average molecular weight is 283 g/mol. The number of rotatable bonds is 6. The molecule has 5 heteroatoms. The standard InChI is InChI=1S/C15H25NO4/c1-3-10-5-7-15(8-6-10,14(18)19)16-13(17)11-9-12(11)20-4-2/h10-12H,3-9H2,1-2H3,(H,16,17)(H,18,19). The van der Waals surface area contributed by atoms with E-state index in [2.05, 4.69) is 12.2 Å². The first-order chi connectivity index (χ1) is 9.52. The van der Waals surface area contributed by atoms with Crippen LogP contribution >= 0.6 is 0 Å². The van der Waals surface area contributed by atoms with Gasteiger partial charge in [-0.15, -0.1) is 0 Å². The average Bonchev–Trinajstić information content (AvgIpc) is 3.19. The molecule has 5 nitrogen and oxygen atoms in total. The Hall–Kier alpha value is -1.10. The first kappa shape index (κ1) is 15.3. The lowest BCUT2D eigenvalue weighted by Gasteiger charge is -2.37. The normalized spacial score (nSPS) is 36.4. The van der Waals surface area contributed by atoms with Gasteiger partial charge in [-0.2, -0.15) is 0 Å². The second-order valence-corrected chi connectivity index (χ2v) is 6.06. The molecule has 2 atom stereocenters. The van der Waals surface area contributed by atoms with Crippen LogP contribution in [-0.2, 0) is 14.3 Å². The number of carbonyl (C=O) groups is 2. The van der Waals surface area contributed by atoms with Gasteiger partial charge in [-0.05, 0) is 44.9 Å². The van der Waals surface area contributed by atoms with Crippen LogP contribution in [-0.4, -0.2) is 35.2 Å². The van der Waals surface area contributed by atoms with Crippen molar-refractivity contribution in [1.29, 1.82) is 0 Å². The molecule has 2 aliphatic carbocycles. The Balaban J connectivity index is 1.93. The zero-order chi connectivity index (χ0) is 14.8. The SMILES string of the molecule is CCOC1CC1C(=O)NC1(C(=O)O)CCC(CC)CC1. The van der Waals surface area contributed by atoms with Crippen molar-refractivity contribution in [3.05, 3.63) is 0 Å². The minimum atomic E-state index is -1.05. The summed E-state index contributed by atoms with van der Waals surface area (Å²) in [4.78, 5) is 23.8. The Bertz CT molecular complexity index is 374. The summed E-state index contributed by atoms with van der Waals surface area (Å²) in [5, 5.41) is 12.3. The first-order valence-corrected chi connectivity index (χ1v) is 7.69. The third kappa shape index (κ3) is 3.14. The number of aliphatic carboxylic acids is 1. The monoisotopic (exact) mass is 283 g/mol. The van der Waals surface area contributed by atoms with Crippen molar-refractivity contribution in [2.45, 2.75) is 64.0 Å². The molecule has 0 radical (unpaired) electrons. The van der Waals surface area contributed by atoms with Crippen molar-refractivity contribution in [2.24, 2.45) is 11.8 Å². The summed E-state index contributed by atoms with van der Waals surface area (Å²) in [5.74, 6) is -0.610. The van der Waals surface area contributed by atoms with E-state index in [-0.39, 0.29) is 17.9 Å². The number of hydrogen-bond donors (Lipinski definition) is 2. The Kier molecular flexibility index (Phi) is 4.68. The fourth-order valence-corrected chi connectivity index (χ4v) is 3.15. The molecule has 114 valence electrons. The number of ether oxygens (including phenoxy) is 1. The topological polar surface area (TPSA) is 75.6 Å². The van der Waals surface area contributed by atoms with Gasteiger partial charge in [0.25, 0.3) is 0 Å². The molecular formula is C15H25NO4. The van der Waals surface area contributed by atoms with Gasteiger partial charge in [0, 0.05) is 6.61 Å². The van der Waals surface area contributed by atoms with E-state index in [0.29, 0.717) is 31.8 Å². The number of nitrogens with one attached hydrogen (secondary N) is 1. The van der Waals surface area contributed by atoms with Crippen LogP contribution in [0.15, 0.2) is 0 Å². The summed E-state index contributed by atoms with van der Waals surface area (Å²) in [6, 6.07) is 0. The number of hydrogen-bond acceptors (Lipinski definition) is 3. The predicted octanol–water partition coefficient (Wildman–Crippen LogP) is 1.95. The Morgan fingerprint density at radius 3 is 2.45 bits per heavy atom. The lowest BCUT2D eigenvalue weighted by atomic mass is 9.75. The van der Waals surface area contributed by atoms with Gasteiger partial charge in [0.2, 0.25) is 5.91 Å². The van der Waals surface area contributed by atoms with E-state index < -0.39 is 11.5 Å². The molecule has 2 unspecified atom stereocenters. The van der Waals surface area contributed by atoms with Gasteiger partial charge in [-0.25, -0.2) is 4.79 Å². The molecule has 0 aromatic rings. The van der Waals surface area contributed by atoms with Crippen molar-refractivity contribution in [3.63, 3.8) is 0 Å². The molecule has 1 amide bonds. The molecule has 2 N–H and O–H groups in total. The molecule has 0 saturated heterocycles. The van der Waals surface area contributed by atoms with E-state index >= 15 is 0 Å². The second kappa shape index (κ2) is 6.12. The van der Waals surface area contributed by atoms with E-state index in [1.54, 1.807) is 0 Å². The second-order valence-electron chi connectivity index (χ2n) is 6.06. The molecule has 2 rings (SSSR count). The van der Waals surface area contributed by atoms with Crippen LogP contribution in [0.3, 0.4) is 0 Å². The highest BCUT2D eigenvalue weighted by molar-refractivity contribution is 5.89. The molecular weight excluding hydrogens is 258 g/mol. The van der Waals surface area contributed by atoms with Crippen LogP contribution in [0.5, 0.6) is 0 Å². The fraction of sp³-hybridized carbons (Fsp3) is 0.867. The Labute approximate surface area is 120 Å². The van der Waals surface area contributed by atoms with Crippen molar-refractivity contribution < 1.29 is 19.4 Å². The highest BCUT2D eigenvalue weighted by Gasteiger charge is 2.49. The van der Waals surface area contributed by atoms with Crippen LogP contribution in [0.2, 0.25) is 0 Å². The summed E-state index contributed by atoms with van der Waals surface area (Å²) in [6.45, 7) is 4.63. The zero-order valence-electron chi connectivity index (χ0n) is 12.4. The predicted molar refractivity (Wildman–Crippen MR) is 74.3 cm³/mol. The maximum absolute atomic E-state index is 12.2. The molecule has 2 aliphatic rings. The molecule has 0 aromatic carbocycles. The molecule has 2 saturated carbocycles. The lowest BCUT2D eigenvalue weighted by molar-refractivity contribution is -0.150. The third-order valence-electron chi connectivity index (χ3n) is 4.76. The Morgan fingerprint density at radius 1 is 1.30 bits per heavy atom. The van der Waals surface area contributed by atoms with E-state index in [9.17, 15) is 14.7 Å². The highest BCUT2D eigenvalue weighted by Crippen LogP contribution is 2.37. The van der Waals surface area contributed by atoms with Gasteiger partial charge in [-0.1, -0.05) is 13.3 Å². The van der Waals surface area contributed by atoms with Crippen molar-refractivity contribution in [2.75, 3.05) is 6.61 Å². The zero-order valence-corrected chi connectivity index (χ0v) is 12.4. The third-order valence-corrected chi connectivity index (χ3v) is 4.76. The number of carbonyl (C=O) groups excluding carboxylic acids is 1. The van der Waals surface area contributed by atoms with E-state index in [1.165, 1.54) is 0 Å². The van der Waals surface area contributed by atoms with Crippen molar-refractivity contribution >= 4 is 11.9 Å². The van der Waals surface area contributed by atoms with Crippen LogP contribution in [0.4, 0.5) is 0 Å². The molecule has 2 fully saturated rings. The quantitative estimate of drug-likeness (QED) is 0.781. The molecule has 20 heavy (non-hydrogen) atoms. The maximum Gasteiger partial charge on any atom is 0.329 e. The van der Waals surface area contributed by atoms with Crippen molar-refractivity contribution in [1.82, 2.24) is 5.32 Å². The molecule has 0 heterocycles. The van der Waals surface area contributed by atoms with Gasteiger partial charge in [0.05, 0.1) is 12.0 Å². The first-order valence-electron chi connectivity index (χ1n) is 7.69. The van der Waals surface area contributed by atoms with Gasteiger partial charge < -0.3 is 15.2 Å². The maximum atomic E-state index is 12.2. The van der Waals surface area contributed by atoms with Gasteiger partial charge >= 0.3 is 5.97 Å². The summed E-state index contributed by atoms with van der Waals surface area (Å²) in [7, 11) is 0. The summed E-state index contributed by atoms with van der Waals surface area (Å²) in [6.07, 6.45) is 4.62. The minimum Gasteiger partial charge on any atom is -0.480 e. The van der Waals surface area contributed by atoms with E-state index in [0.717, 1.165) is 19.3 Å². The van der Waals surface area contributed by atoms with Gasteiger partial charge in [0.1, 0.15) is 5.54 Å². The largest absolute Gasteiger partial charge is 0.480 e. The van der Waals surface area contributed by atoms with E-state index in [4.69, 9.17) is 4.74 Å². The van der Waals surface area contributed by atoms with Crippen LogP contribution in [0.25, 0.3) is 0 Å².